The maximum atomic E-state index is 5.51. The van der Waals surface area contributed by atoms with Crippen LogP contribution in [0.3, 0.4) is 0 Å². The predicted molar refractivity (Wildman–Crippen MR) is 91.6 cm³/mol. The molecule has 3 rings (SSSR count). The lowest BCUT2D eigenvalue weighted by Crippen LogP contribution is -2.39. The number of hydrogen-bond donors (Lipinski definition) is 1. The van der Waals surface area contributed by atoms with Gasteiger partial charge in [0, 0.05) is 30.9 Å². The summed E-state index contributed by atoms with van der Waals surface area (Å²) in [6, 6.07) is 2.11. The van der Waals surface area contributed by atoms with Crippen LogP contribution in [0.1, 0.15) is 25.6 Å². The monoisotopic (exact) mass is 323 g/mol. The fourth-order valence-corrected chi connectivity index (χ4v) is 4.21. The van der Waals surface area contributed by atoms with E-state index in [0.717, 1.165) is 60.9 Å². The summed E-state index contributed by atoms with van der Waals surface area (Å²) in [6.45, 7) is 4.75. The average molecular weight is 323 g/mol. The number of aromatic nitrogens is 2. The van der Waals surface area contributed by atoms with Crippen molar-refractivity contribution in [3.8, 4) is 0 Å². The van der Waals surface area contributed by atoms with E-state index < -0.39 is 0 Å². The zero-order valence-corrected chi connectivity index (χ0v) is 14.1. The summed E-state index contributed by atoms with van der Waals surface area (Å²) in [5, 5.41) is 6.81. The molecule has 0 aliphatic carbocycles. The summed E-state index contributed by atoms with van der Waals surface area (Å²) in [5.41, 5.74) is 0. The Labute approximate surface area is 133 Å². The first-order chi connectivity index (χ1) is 10.3. The number of thiophene rings is 1. The third-order valence-corrected chi connectivity index (χ3v) is 6.33. The lowest BCUT2D eigenvalue weighted by Gasteiger charge is -2.35. The van der Waals surface area contributed by atoms with E-state index in [1.165, 1.54) is 0 Å². The second kappa shape index (κ2) is 6.50. The van der Waals surface area contributed by atoms with Gasteiger partial charge < -0.3 is 10.1 Å². The van der Waals surface area contributed by atoms with E-state index in [2.05, 4.69) is 39.9 Å². The molecule has 0 unspecified atom stereocenters. The topological polar surface area (TPSA) is 47.0 Å². The Kier molecular flexibility index (Phi) is 4.66. The number of fused-ring (bicyclic) bond motifs is 1. The Morgan fingerprint density at radius 2 is 2.19 bits per heavy atom. The summed E-state index contributed by atoms with van der Waals surface area (Å²) in [7, 11) is 0. The lowest BCUT2D eigenvalue weighted by atomic mass is 9.99. The van der Waals surface area contributed by atoms with Gasteiger partial charge in [0.15, 0.2) is 0 Å². The van der Waals surface area contributed by atoms with Crippen LogP contribution >= 0.6 is 23.1 Å². The minimum absolute atomic E-state index is 0.262. The second-order valence-corrected chi connectivity index (χ2v) is 7.50. The third kappa shape index (κ3) is 3.17. The van der Waals surface area contributed by atoms with Crippen LogP contribution in [0, 0.1) is 0 Å². The highest BCUT2D eigenvalue weighted by Crippen LogP contribution is 2.34. The largest absolute Gasteiger partial charge is 0.381 e. The molecule has 1 N–H and O–H groups in total. The van der Waals surface area contributed by atoms with Crippen molar-refractivity contribution < 1.29 is 4.74 Å². The van der Waals surface area contributed by atoms with Crippen LogP contribution in [-0.2, 0) is 11.2 Å². The van der Waals surface area contributed by atoms with Crippen LogP contribution < -0.4 is 5.32 Å². The van der Waals surface area contributed by atoms with Gasteiger partial charge in [-0.25, -0.2) is 9.97 Å². The van der Waals surface area contributed by atoms with E-state index in [1.807, 2.05) is 11.8 Å². The van der Waals surface area contributed by atoms with Gasteiger partial charge in [0.2, 0.25) is 0 Å². The van der Waals surface area contributed by atoms with E-state index >= 15 is 0 Å². The molecule has 2 aromatic heterocycles. The summed E-state index contributed by atoms with van der Waals surface area (Å²) in [6.07, 6.45) is 5.26. The van der Waals surface area contributed by atoms with Gasteiger partial charge >= 0.3 is 0 Å². The Hall–Kier alpha value is -0.850. The van der Waals surface area contributed by atoms with Gasteiger partial charge in [-0.1, -0.05) is 6.92 Å². The van der Waals surface area contributed by atoms with Gasteiger partial charge in [-0.15, -0.1) is 11.3 Å². The van der Waals surface area contributed by atoms with Crippen molar-refractivity contribution in [3.05, 3.63) is 17.3 Å². The van der Waals surface area contributed by atoms with E-state index in [4.69, 9.17) is 4.74 Å². The average Bonchev–Trinajstić information content (AvgIpc) is 3.02. The molecular weight excluding hydrogens is 302 g/mol. The first-order valence-electron chi connectivity index (χ1n) is 7.37. The molecule has 1 aliphatic rings. The molecule has 0 radical (unpaired) electrons. The SMILES string of the molecule is CCc1nc(NCC2(SC)CCOCC2)c2ccsc2n1. The quantitative estimate of drug-likeness (QED) is 0.911. The third-order valence-electron chi connectivity index (χ3n) is 4.10. The minimum atomic E-state index is 0.262. The highest BCUT2D eigenvalue weighted by atomic mass is 32.2. The molecule has 3 heterocycles. The van der Waals surface area contributed by atoms with Gasteiger partial charge in [-0.3, -0.25) is 0 Å². The second-order valence-electron chi connectivity index (χ2n) is 5.33. The van der Waals surface area contributed by atoms with Crippen LogP contribution in [0.25, 0.3) is 10.2 Å². The number of rotatable bonds is 5. The van der Waals surface area contributed by atoms with Crippen molar-refractivity contribution in [2.75, 3.05) is 31.3 Å². The van der Waals surface area contributed by atoms with Gasteiger partial charge in [-0.05, 0) is 30.5 Å². The van der Waals surface area contributed by atoms with Gasteiger partial charge in [0.1, 0.15) is 16.5 Å². The molecule has 0 saturated carbocycles. The summed E-state index contributed by atoms with van der Waals surface area (Å²) >= 11 is 3.63. The zero-order chi connectivity index (χ0) is 14.7. The summed E-state index contributed by atoms with van der Waals surface area (Å²) in [5.74, 6) is 1.90. The lowest BCUT2D eigenvalue weighted by molar-refractivity contribution is 0.0802. The van der Waals surface area contributed by atoms with Crippen LogP contribution in [0.2, 0.25) is 0 Å². The molecule has 4 nitrogen and oxygen atoms in total. The molecule has 2 aromatic rings. The van der Waals surface area contributed by atoms with Crippen molar-refractivity contribution in [3.63, 3.8) is 0 Å². The molecule has 0 aromatic carbocycles. The van der Waals surface area contributed by atoms with E-state index in [0.29, 0.717) is 0 Å². The van der Waals surface area contributed by atoms with Crippen molar-refractivity contribution in [2.45, 2.75) is 30.9 Å². The minimum Gasteiger partial charge on any atom is -0.381 e. The Bertz CT molecular complexity index is 608. The maximum absolute atomic E-state index is 5.51. The highest BCUT2D eigenvalue weighted by Gasteiger charge is 2.31. The Morgan fingerprint density at radius 1 is 1.38 bits per heavy atom. The molecule has 0 spiro atoms. The number of nitrogens with zero attached hydrogens (tertiary/aromatic N) is 2. The fraction of sp³-hybridized carbons (Fsp3) is 0.600. The van der Waals surface area contributed by atoms with Gasteiger partial charge in [0.05, 0.1) is 5.39 Å². The molecule has 0 bridgehead atoms. The standard InChI is InChI=1S/C15H21N3OS2/c1-3-12-17-13(11-4-9-21-14(11)18-12)16-10-15(20-2)5-7-19-8-6-15/h4,9H,3,5-8,10H2,1-2H3,(H,16,17,18). The molecule has 1 saturated heterocycles. The first-order valence-corrected chi connectivity index (χ1v) is 9.48. The zero-order valence-electron chi connectivity index (χ0n) is 12.5. The number of anilines is 1. The van der Waals surface area contributed by atoms with Crippen LogP contribution in [-0.4, -0.2) is 40.7 Å². The molecular formula is C15H21N3OS2. The van der Waals surface area contributed by atoms with Crippen molar-refractivity contribution in [1.82, 2.24) is 9.97 Å². The van der Waals surface area contributed by atoms with Gasteiger partial charge in [-0.2, -0.15) is 11.8 Å². The summed E-state index contributed by atoms with van der Waals surface area (Å²) in [4.78, 5) is 10.4. The molecule has 0 amide bonds. The van der Waals surface area contributed by atoms with Crippen molar-refractivity contribution in [1.29, 1.82) is 0 Å². The van der Waals surface area contributed by atoms with Crippen molar-refractivity contribution >= 4 is 39.1 Å². The number of thioether (sulfide) groups is 1. The molecule has 1 aliphatic heterocycles. The first kappa shape index (κ1) is 15.1. The molecule has 0 atom stereocenters. The van der Waals surface area contributed by atoms with Crippen LogP contribution in [0.5, 0.6) is 0 Å². The summed E-state index contributed by atoms with van der Waals surface area (Å²) < 4.78 is 5.77. The number of ether oxygens (including phenoxy) is 1. The Balaban J connectivity index is 1.82. The highest BCUT2D eigenvalue weighted by molar-refractivity contribution is 8.00. The van der Waals surface area contributed by atoms with E-state index in [-0.39, 0.29) is 4.75 Å². The predicted octanol–water partition coefficient (Wildman–Crippen LogP) is 3.58. The Morgan fingerprint density at radius 3 is 2.90 bits per heavy atom. The molecule has 6 heteroatoms. The number of hydrogen-bond acceptors (Lipinski definition) is 6. The van der Waals surface area contributed by atoms with Gasteiger partial charge in [0.25, 0.3) is 0 Å². The smallest absolute Gasteiger partial charge is 0.138 e. The van der Waals surface area contributed by atoms with E-state index in [9.17, 15) is 0 Å². The molecule has 21 heavy (non-hydrogen) atoms. The van der Waals surface area contributed by atoms with Crippen molar-refractivity contribution in [2.24, 2.45) is 0 Å². The maximum Gasteiger partial charge on any atom is 0.138 e. The van der Waals surface area contributed by atoms with Crippen LogP contribution in [0.15, 0.2) is 11.4 Å². The molecule has 1 fully saturated rings. The number of nitrogens with one attached hydrogen (secondary N) is 1. The van der Waals surface area contributed by atoms with E-state index in [1.54, 1.807) is 11.3 Å². The fourth-order valence-electron chi connectivity index (χ4n) is 2.63. The molecule has 114 valence electrons. The number of aryl methyl sites for hydroxylation is 1. The van der Waals surface area contributed by atoms with Crippen LogP contribution in [0.4, 0.5) is 5.82 Å². The normalized spacial score (nSPS) is 18.0.